The van der Waals surface area contributed by atoms with Gasteiger partial charge in [0.15, 0.2) is 0 Å². The van der Waals surface area contributed by atoms with E-state index in [0.29, 0.717) is 0 Å². The van der Waals surface area contributed by atoms with Gasteiger partial charge in [-0.05, 0) is 31.0 Å². The molecule has 0 fully saturated rings. The summed E-state index contributed by atoms with van der Waals surface area (Å²) in [6.07, 6.45) is -0.726. The van der Waals surface area contributed by atoms with Crippen molar-refractivity contribution in [3.63, 3.8) is 0 Å². The van der Waals surface area contributed by atoms with Crippen molar-refractivity contribution in [3.8, 4) is 0 Å². The molecule has 0 saturated heterocycles. The predicted octanol–water partition coefficient (Wildman–Crippen LogP) is 2.94. The lowest BCUT2D eigenvalue weighted by molar-refractivity contribution is 0.322. The zero-order valence-corrected chi connectivity index (χ0v) is 11.4. The lowest BCUT2D eigenvalue weighted by atomic mass is 10.2. The third-order valence-electron chi connectivity index (χ3n) is 2.65. The molecule has 0 unspecified atom stereocenters. The van der Waals surface area contributed by atoms with E-state index in [1.165, 1.54) is 12.1 Å². The van der Waals surface area contributed by atoms with Crippen molar-refractivity contribution in [2.75, 3.05) is 6.61 Å². The van der Waals surface area contributed by atoms with Crippen molar-refractivity contribution in [3.05, 3.63) is 65.7 Å². The summed E-state index contributed by atoms with van der Waals surface area (Å²) in [6.45, 7) is 1.69. The first-order valence-corrected chi connectivity index (χ1v) is 7.33. The van der Waals surface area contributed by atoms with Crippen LogP contribution in [0.4, 0.5) is 0 Å². The summed E-state index contributed by atoms with van der Waals surface area (Å²) in [5.74, 6) is 0. The Morgan fingerprint density at radius 1 is 1.05 bits per heavy atom. The molecule has 0 N–H and O–H groups in total. The fraction of sp³-hybridized carbons (Fsp3) is 0.200. The molecule has 2 rings (SSSR count). The number of hydrogen-bond acceptors (Lipinski definition) is 3. The first-order chi connectivity index (χ1) is 9.49. The molecule has 0 heterocycles. The zero-order chi connectivity index (χ0) is 14.6. The highest BCUT2D eigenvalue weighted by Gasteiger charge is 2.14. The lowest BCUT2D eigenvalue weighted by Gasteiger charge is -2.06. The first-order valence-electron chi connectivity index (χ1n) is 6.50. The molecule has 19 heavy (non-hydrogen) atoms. The molecule has 4 heteroatoms. The summed E-state index contributed by atoms with van der Waals surface area (Å²) in [5.41, 5.74) is 1.71. The van der Waals surface area contributed by atoms with E-state index < -0.39 is 16.5 Å². The van der Waals surface area contributed by atoms with Crippen molar-refractivity contribution >= 4 is 10.1 Å². The molecule has 0 saturated carbocycles. The van der Waals surface area contributed by atoms with Gasteiger partial charge in [-0.25, -0.2) is 0 Å². The van der Waals surface area contributed by atoms with Crippen LogP contribution in [-0.2, 0) is 20.7 Å². The molecule has 3 nitrogen and oxygen atoms in total. The SMILES string of the molecule is [2H][C@@H](COS(=O)(=O)c1ccc(C)cc1)c1ccccc1. The van der Waals surface area contributed by atoms with E-state index in [9.17, 15) is 8.42 Å². The summed E-state index contributed by atoms with van der Waals surface area (Å²) in [7, 11) is -3.80. The quantitative estimate of drug-likeness (QED) is 0.789. The lowest BCUT2D eigenvalue weighted by Crippen LogP contribution is -2.09. The third-order valence-corrected chi connectivity index (χ3v) is 3.95. The van der Waals surface area contributed by atoms with E-state index >= 15 is 0 Å². The average molecular weight is 277 g/mol. The zero-order valence-electron chi connectivity index (χ0n) is 11.6. The van der Waals surface area contributed by atoms with E-state index in [1.807, 2.05) is 25.1 Å². The Morgan fingerprint density at radius 2 is 1.68 bits per heavy atom. The van der Waals surface area contributed by atoms with Crippen LogP contribution in [-0.4, -0.2) is 15.0 Å². The highest BCUT2D eigenvalue weighted by atomic mass is 32.2. The average Bonchev–Trinajstić information content (AvgIpc) is 2.46. The Bertz CT molecular complexity index is 651. The summed E-state index contributed by atoms with van der Waals surface area (Å²) in [6, 6.07) is 15.5. The van der Waals surface area contributed by atoms with Crippen LogP contribution in [0.5, 0.6) is 0 Å². The van der Waals surface area contributed by atoms with Gasteiger partial charge in [0.05, 0.1) is 11.5 Å². The summed E-state index contributed by atoms with van der Waals surface area (Å²) < 4.78 is 36.8. The standard InChI is InChI=1S/C15H16O3S/c1-13-7-9-15(10-8-13)19(16,17)18-12-11-14-5-3-2-4-6-14/h2-10H,11-12H2,1H3/i11D/t11-/m0/s1. The fourth-order valence-corrected chi connectivity index (χ4v) is 2.43. The molecule has 2 aromatic rings. The smallest absolute Gasteiger partial charge is 0.266 e. The van der Waals surface area contributed by atoms with Gasteiger partial charge in [-0.2, -0.15) is 8.42 Å². The maximum atomic E-state index is 12.0. The van der Waals surface area contributed by atoms with Crippen LogP contribution < -0.4 is 0 Å². The van der Waals surface area contributed by atoms with E-state index in [-0.39, 0.29) is 11.5 Å². The topological polar surface area (TPSA) is 43.4 Å². The largest absolute Gasteiger partial charge is 0.296 e. The summed E-state index contributed by atoms with van der Waals surface area (Å²) in [4.78, 5) is 0.114. The molecule has 0 amide bonds. The Balaban J connectivity index is 2.04. The van der Waals surface area contributed by atoms with E-state index in [2.05, 4.69) is 0 Å². The van der Waals surface area contributed by atoms with Crippen molar-refractivity contribution in [1.82, 2.24) is 0 Å². The second-order valence-corrected chi connectivity index (χ2v) is 5.78. The van der Waals surface area contributed by atoms with Gasteiger partial charge in [-0.15, -0.1) is 0 Å². The maximum Gasteiger partial charge on any atom is 0.296 e. The van der Waals surface area contributed by atoms with E-state index in [4.69, 9.17) is 5.55 Å². The molecule has 0 spiro atoms. The first kappa shape index (κ1) is 12.4. The van der Waals surface area contributed by atoms with Crippen LogP contribution in [0, 0.1) is 6.92 Å². The highest BCUT2D eigenvalue weighted by molar-refractivity contribution is 7.86. The van der Waals surface area contributed by atoms with Crippen molar-refractivity contribution in [2.24, 2.45) is 0 Å². The molecular formula is C15H16O3S. The third kappa shape index (κ3) is 3.91. The molecule has 0 radical (unpaired) electrons. The monoisotopic (exact) mass is 277 g/mol. The van der Waals surface area contributed by atoms with Gasteiger partial charge >= 0.3 is 0 Å². The minimum atomic E-state index is -3.80. The summed E-state index contributed by atoms with van der Waals surface area (Å²) >= 11 is 0. The highest BCUT2D eigenvalue weighted by Crippen LogP contribution is 2.13. The minimum absolute atomic E-state index is 0.114. The van der Waals surface area contributed by atoms with Crippen LogP contribution in [0.25, 0.3) is 0 Å². The molecule has 100 valence electrons. The number of rotatable bonds is 5. The Morgan fingerprint density at radius 3 is 2.32 bits per heavy atom. The summed E-state index contributed by atoms with van der Waals surface area (Å²) in [5, 5.41) is 0. The normalized spacial score (nSPS) is 13.8. The van der Waals surface area contributed by atoms with Gasteiger partial charge in [-0.1, -0.05) is 48.0 Å². The minimum Gasteiger partial charge on any atom is -0.266 e. The Kier molecular flexibility index (Phi) is 3.91. The number of benzene rings is 2. The molecule has 1 atom stereocenters. The van der Waals surface area contributed by atoms with Crippen LogP contribution in [0.1, 0.15) is 12.5 Å². The van der Waals surface area contributed by atoms with Gasteiger partial charge in [0.1, 0.15) is 0 Å². The van der Waals surface area contributed by atoms with Crippen molar-refractivity contribution in [2.45, 2.75) is 18.2 Å². The van der Waals surface area contributed by atoms with Crippen LogP contribution in [0.3, 0.4) is 0 Å². The van der Waals surface area contributed by atoms with Gasteiger partial charge < -0.3 is 0 Å². The van der Waals surface area contributed by atoms with Crippen molar-refractivity contribution < 1.29 is 14.0 Å². The van der Waals surface area contributed by atoms with E-state index in [1.54, 1.807) is 24.3 Å². The van der Waals surface area contributed by atoms with Gasteiger partial charge in [0.25, 0.3) is 10.1 Å². The van der Waals surface area contributed by atoms with Crippen molar-refractivity contribution in [1.29, 1.82) is 0 Å². The molecule has 2 aromatic carbocycles. The Hall–Kier alpha value is -1.65. The number of hydrogen-bond donors (Lipinski definition) is 0. The Labute approximate surface area is 115 Å². The molecular weight excluding hydrogens is 260 g/mol. The maximum absolute atomic E-state index is 12.0. The predicted molar refractivity (Wildman–Crippen MR) is 74.5 cm³/mol. The van der Waals surface area contributed by atoms with Crippen LogP contribution in [0.2, 0.25) is 0 Å². The van der Waals surface area contributed by atoms with Crippen LogP contribution >= 0.6 is 0 Å². The molecule has 0 bridgehead atoms. The van der Waals surface area contributed by atoms with Gasteiger partial charge in [-0.3, -0.25) is 4.18 Å². The molecule has 0 aromatic heterocycles. The molecule has 0 aliphatic heterocycles. The second-order valence-electron chi connectivity index (χ2n) is 4.17. The molecule has 0 aliphatic carbocycles. The van der Waals surface area contributed by atoms with Gasteiger partial charge in [0, 0.05) is 1.37 Å². The number of aryl methyl sites for hydroxylation is 1. The van der Waals surface area contributed by atoms with E-state index in [0.717, 1.165) is 11.1 Å². The second kappa shape index (κ2) is 5.99. The fourth-order valence-electron chi connectivity index (χ4n) is 1.58. The van der Waals surface area contributed by atoms with Crippen LogP contribution in [0.15, 0.2) is 59.5 Å². The van der Waals surface area contributed by atoms with Gasteiger partial charge in [0.2, 0.25) is 0 Å². The molecule has 0 aliphatic rings.